The van der Waals surface area contributed by atoms with Crippen LogP contribution in [0.1, 0.15) is 37.8 Å². The average Bonchev–Trinajstić information content (AvgIpc) is 3.40. The van der Waals surface area contributed by atoms with Crippen LogP contribution in [0.4, 0.5) is 11.4 Å². The Balaban J connectivity index is 1.42. The minimum absolute atomic E-state index is 0.177. The second-order valence-corrected chi connectivity index (χ2v) is 11.6. The summed E-state index contributed by atoms with van der Waals surface area (Å²) in [4.78, 5) is 30.0. The fourth-order valence-corrected chi connectivity index (χ4v) is 5.39. The lowest BCUT2D eigenvalue weighted by Gasteiger charge is -2.15. The van der Waals surface area contributed by atoms with Crippen LogP contribution in [-0.4, -0.2) is 36.0 Å². The number of carbonyl (C=O) groups excluding carboxylic acids is 2. The van der Waals surface area contributed by atoms with Gasteiger partial charge in [0.1, 0.15) is 0 Å². The van der Waals surface area contributed by atoms with Crippen LogP contribution < -0.4 is 10.6 Å². The molecule has 0 radical (unpaired) electrons. The van der Waals surface area contributed by atoms with E-state index >= 15 is 0 Å². The Morgan fingerprint density at radius 3 is 2.13 bits per heavy atom. The minimum Gasteiger partial charge on any atom is -0.359 e. The lowest BCUT2D eigenvalue weighted by atomic mass is 10.1. The van der Waals surface area contributed by atoms with Gasteiger partial charge in [-0.25, -0.2) is 8.42 Å². The summed E-state index contributed by atoms with van der Waals surface area (Å²) in [7, 11) is -3.33. The molecule has 2 heterocycles. The van der Waals surface area contributed by atoms with Crippen molar-refractivity contribution in [2.24, 2.45) is 0 Å². The van der Waals surface area contributed by atoms with E-state index in [9.17, 15) is 18.0 Å². The molecule has 0 fully saturated rings. The first-order valence-electron chi connectivity index (χ1n) is 12.3. The normalized spacial score (nSPS) is 11.5. The monoisotopic (exact) mass is 540 g/mol. The average molecular weight is 541 g/mol. The molecule has 198 valence electrons. The van der Waals surface area contributed by atoms with E-state index in [0.717, 1.165) is 28.5 Å². The highest BCUT2D eigenvalue weighted by molar-refractivity contribution is 7.90. The van der Waals surface area contributed by atoms with Gasteiger partial charge in [0, 0.05) is 45.6 Å². The molecule has 0 aliphatic heterocycles. The zero-order valence-electron chi connectivity index (χ0n) is 22.0. The third-order valence-electron chi connectivity index (χ3n) is 6.62. The van der Waals surface area contributed by atoms with Gasteiger partial charge in [-0.15, -0.1) is 0 Å². The molecule has 3 N–H and O–H groups in total. The largest absolute Gasteiger partial charge is 0.359 e. The fraction of sp³-hybridized carbons (Fsp3) is 0.133. The molecule has 3 aromatic carbocycles. The standard InChI is InChI=1S/C30H28N4O4S/c1-18-15-21-17-23(11-14-27(21)31-18)33-29(35)25-7-5-6-8-28(25)34-19(2)16-26(20(34)3)30(36)32-22-9-12-24(13-10-22)39(4,37)38/h5-17,31H,1-4H3,(H,32,36)(H,33,35). The second-order valence-electron chi connectivity index (χ2n) is 9.60. The molecule has 9 heteroatoms. The van der Waals surface area contributed by atoms with Crippen molar-refractivity contribution in [3.63, 3.8) is 0 Å². The Morgan fingerprint density at radius 2 is 1.41 bits per heavy atom. The summed E-state index contributed by atoms with van der Waals surface area (Å²) < 4.78 is 25.3. The van der Waals surface area contributed by atoms with Gasteiger partial charge < -0.3 is 20.2 Å². The highest BCUT2D eigenvalue weighted by atomic mass is 32.2. The van der Waals surface area contributed by atoms with Crippen LogP contribution in [0.5, 0.6) is 0 Å². The van der Waals surface area contributed by atoms with Gasteiger partial charge in [0.15, 0.2) is 9.84 Å². The van der Waals surface area contributed by atoms with E-state index in [1.54, 1.807) is 30.3 Å². The maximum Gasteiger partial charge on any atom is 0.257 e. The summed E-state index contributed by atoms with van der Waals surface area (Å²) in [6.07, 6.45) is 1.13. The molecule has 0 bridgehead atoms. The number of fused-ring (bicyclic) bond motifs is 1. The van der Waals surface area contributed by atoms with E-state index in [2.05, 4.69) is 15.6 Å². The van der Waals surface area contributed by atoms with Crippen molar-refractivity contribution in [3.8, 4) is 5.69 Å². The summed E-state index contributed by atoms with van der Waals surface area (Å²) in [5.41, 5.74) is 6.23. The van der Waals surface area contributed by atoms with Crippen LogP contribution >= 0.6 is 0 Å². The number of anilines is 2. The van der Waals surface area contributed by atoms with Crippen LogP contribution in [0.3, 0.4) is 0 Å². The molecule has 8 nitrogen and oxygen atoms in total. The summed E-state index contributed by atoms with van der Waals surface area (Å²) in [6.45, 7) is 5.69. The van der Waals surface area contributed by atoms with Crippen LogP contribution in [0.2, 0.25) is 0 Å². The number of nitrogens with one attached hydrogen (secondary N) is 3. The smallest absolute Gasteiger partial charge is 0.257 e. The molecule has 2 aromatic heterocycles. The predicted molar refractivity (Wildman–Crippen MR) is 154 cm³/mol. The molecule has 0 unspecified atom stereocenters. The number of aryl methyl sites for hydroxylation is 2. The number of hydrogen-bond donors (Lipinski definition) is 3. The number of aromatic amines is 1. The van der Waals surface area contributed by atoms with Gasteiger partial charge >= 0.3 is 0 Å². The van der Waals surface area contributed by atoms with Gasteiger partial charge in [0.2, 0.25) is 0 Å². The van der Waals surface area contributed by atoms with Crippen LogP contribution in [0.15, 0.2) is 83.8 Å². The number of para-hydroxylation sites is 1. The van der Waals surface area contributed by atoms with Crippen LogP contribution in [-0.2, 0) is 9.84 Å². The molecule has 0 aliphatic carbocycles. The van der Waals surface area contributed by atoms with E-state index in [-0.39, 0.29) is 16.7 Å². The summed E-state index contributed by atoms with van der Waals surface area (Å²) in [6, 6.07) is 22.8. The number of sulfone groups is 1. The first-order chi connectivity index (χ1) is 18.5. The van der Waals surface area contributed by atoms with E-state index < -0.39 is 9.84 Å². The maximum absolute atomic E-state index is 13.4. The van der Waals surface area contributed by atoms with E-state index in [1.165, 1.54) is 12.1 Å². The lowest BCUT2D eigenvalue weighted by molar-refractivity contribution is 0.101. The van der Waals surface area contributed by atoms with Crippen molar-refractivity contribution in [1.82, 2.24) is 9.55 Å². The summed E-state index contributed by atoms with van der Waals surface area (Å²) in [5.74, 6) is -0.597. The molecular formula is C30H28N4O4S. The SMILES string of the molecule is Cc1cc2cc(NC(=O)c3ccccc3-n3c(C)cc(C(=O)Nc4ccc(S(C)(=O)=O)cc4)c3C)ccc2[nH]1. The molecule has 5 aromatic rings. The Hall–Kier alpha value is -4.63. The maximum atomic E-state index is 13.4. The third kappa shape index (κ3) is 5.21. The molecule has 0 atom stereocenters. The molecule has 39 heavy (non-hydrogen) atoms. The minimum atomic E-state index is -3.33. The Bertz CT molecular complexity index is 1850. The van der Waals surface area contributed by atoms with Crippen LogP contribution in [0, 0.1) is 20.8 Å². The Labute approximate surface area is 226 Å². The predicted octanol–water partition coefficient (Wildman–Crippen LogP) is 5.79. The molecule has 5 rings (SSSR count). The zero-order valence-corrected chi connectivity index (χ0v) is 22.8. The molecule has 2 amide bonds. The topological polar surface area (TPSA) is 113 Å². The molecule has 0 saturated heterocycles. The lowest BCUT2D eigenvalue weighted by Crippen LogP contribution is -2.16. The van der Waals surface area contributed by atoms with E-state index in [0.29, 0.717) is 33.9 Å². The number of carbonyl (C=O) groups is 2. The number of aromatic nitrogens is 2. The van der Waals surface area contributed by atoms with Crippen molar-refractivity contribution in [2.75, 3.05) is 16.9 Å². The van der Waals surface area contributed by atoms with Crippen molar-refractivity contribution < 1.29 is 18.0 Å². The van der Waals surface area contributed by atoms with Gasteiger partial charge in [0.05, 0.1) is 21.7 Å². The number of H-pyrrole nitrogens is 1. The first-order valence-corrected chi connectivity index (χ1v) is 14.2. The Kier molecular flexibility index (Phi) is 6.61. The van der Waals surface area contributed by atoms with Crippen molar-refractivity contribution in [2.45, 2.75) is 25.7 Å². The van der Waals surface area contributed by atoms with Gasteiger partial charge in [-0.3, -0.25) is 9.59 Å². The quantitative estimate of drug-likeness (QED) is 0.253. The number of amides is 2. The molecule has 0 spiro atoms. The number of hydrogen-bond acceptors (Lipinski definition) is 4. The van der Waals surface area contributed by atoms with Gasteiger partial charge in [-0.2, -0.15) is 0 Å². The van der Waals surface area contributed by atoms with Crippen molar-refractivity contribution >= 4 is 43.9 Å². The highest BCUT2D eigenvalue weighted by Gasteiger charge is 2.21. The summed E-state index contributed by atoms with van der Waals surface area (Å²) in [5, 5.41) is 6.84. The van der Waals surface area contributed by atoms with E-state index in [4.69, 9.17) is 0 Å². The fourth-order valence-electron chi connectivity index (χ4n) is 4.76. The van der Waals surface area contributed by atoms with Gasteiger partial charge in [-0.1, -0.05) is 12.1 Å². The summed E-state index contributed by atoms with van der Waals surface area (Å²) >= 11 is 0. The zero-order chi connectivity index (χ0) is 27.9. The number of rotatable bonds is 6. The molecule has 0 aliphatic rings. The van der Waals surface area contributed by atoms with Crippen LogP contribution in [0.25, 0.3) is 16.6 Å². The Morgan fingerprint density at radius 1 is 0.769 bits per heavy atom. The second kappa shape index (κ2) is 9.92. The van der Waals surface area contributed by atoms with Crippen molar-refractivity contribution in [1.29, 1.82) is 0 Å². The van der Waals surface area contributed by atoms with Crippen molar-refractivity contribution in [3.05, 3.63) is 107 Å². The van der Waals surface area contributed by atoms with Gasteiger partial charge in [0.25, 0.3) is 11.8 Å². The number of nitrogens with zero attached hydrogens (tertiary/aromatic N) is 1. The molecular weight excluding hydrogens is 512 g/mol. The van der Waals surface area contributed by atoms with Gasteiger partial charge in [-0.05, 0) is 87.5 Å². The van der Waals surface area contributed by atoms with E-state index in [1.807, 2.05) is 61.7 Å². The first kappa shape index (κ1) is 26.0. The highest BCUT2D eigenvalue weighted by Crippen LogP contribution is 2.26. The third-order valence-corrected chi connectivity index (χ3v) is 7.75. The number of benzene rings is 3. The molecule has 0 saturated carbocycles.